The number of benzene rings is 1. The zero-order valence-corrected chi connectivity index (χ0v) is 10.5. The minimum atomic E-state index is -0.364. The summed E-state index contributed by atoms with van der Waals surface area (Å²) in [7, 11) is 0. The minimum absolute atomic E-state index is 0.364. The van der Waals surface area contributed by atoms with Crippen LogP contribution in [0.5, 0.6) is 0 Å². The summed E-state index contributed by atoms with van der Waals surface area (Å²) < 4.78 is 0. The first kappa shape index (κ1) is 12.2. The van der Waals surface area contributed by atoms with Crippen LogP contribution in [0, 0.1) is 0 Å². The Morgan fingerprint density at radius 1 is 1.47 bits per heavy atom. The predicted molar refractivity (Wildman–Crippen MR) is 72.3 cm³/mol. The Balaban J connectivity index is 2.31. The van der Waals surface area contributed by atoms with Crippen molar-refractivity contribution in [2.45, 2.75) is 38.3 Å². The monoisotopic (exact) mass is 231 g/mol. The molecule has 2 nitrogen and oxygen atoms in total. The Labute approximate surface area is 104 Å². The molecule has 0 heterocycles. The summed E-state index contributed by atoms with van der Waals surface area (Å²) in [4.78, 5) is 2.36. The van der Waals surface area contributed by atoms with Gasteiger partial charge in [0.2, 0.25) is 0 Å². The average molecular weight is 231 g/mol. The topological polar surface area (TPSA) is 23.5 Å². The fourth-order valence-corrected chi connectivity index (χ4v) is 2.22. The third-order valence-corrected chi connectivity index (χ3v) is 3.31. The van der Waals surface area contributed by atoms with Crippen molar-refractivity contribution in [2.75, 3.05) is 11.4 Å². The van der Waals surface area contributed by atoms with Gasteiger partial charge in [-0.05, 0) is 25.3 Å². The SMILES string of the molecule is C=CCN(c1ccccc1[C@@H](O)CC)C1CC1. The maximum Gasteiger partial charge on any atom is 0.0807 e. The standard InChI is InChI=1S/C15H21NO/c1-3-11-16(12-9-10-12)14-8-6-5-7-13(14)15(17)4-2/h3,5-8,12,15,17H,1,4,9-11H2,2H3/t15-/m0/s1. The maximum atomic E-state index is 10.1. The van der Waals surface area contributed by atoms with Gasteiger partial charge in [-0.2, -0.15) is 0 Å². The number of aliphatic hydroxyl groups excluding tert-OH is 1. The van der Waals surface area contributed by atoms with Crippen LogP contribution in [0.1, 0.15) is 37.9 Å². The molecule has 0 bridgehead atoms. The first-order chi connectivity index (χ1) is 8.27. The van der Waals surface area contributed by atoms with Gasteiger partial charge in [0.25, 0.3) is 0 Å². The summed E-state index contributed by atoms with van der Waals surface area (Å²) in [5.74, 6) is 0. The lowest BCUT2D eigenvalue weighted by Gasteiger charge is -2.27. The normalized spacial score (nSPS) is 16.6. The van der Waals surface area contributed by atoms with Gasteiger partial charge in [-0.15, -0.1) is 6.58 Å². The van der Waals surface area contributed by atoms with Gasteiger partial charge in [-0.3, -0.25) is 0 Å². The van der Waals surface area contributed by atoms with E-state index in [0.29, 0.717) is 6.04 Å². The Kier molecular flexibility index (Phi) is 3.85. The molecule has 0 aliphatic heterocycles. The Bertz CT molecular complexity index is 384. The largest absolute Gasteiger partial charge is 0.388 e. The predicted octanol–water partition coefficient (Wildman–Crippen LogP) is 3.28. The van der Waals surface area contributed by atoms with Gasteiger partial charge in [-0.25, -0.2) is 0 Å². The summed E-state index contributed by atoms with van der Waals surface area (Å²) in [6, 6.07) is 8.81. The van der Waals surface area contributed by atoms with Crippen molar-refractivity contribution >= 4 is 5.69 Å². The number of para-hydroxylation sites is 1. The molecule has 1 N–H and O–H groups in total. The molecular formula is C15H21NO. The second-order valence-electron chi connectivity index (χ2n) is 4.66. The van der Waals surface area contributed by atoms with Crippen LogP contribution >= 0.6 is 0 Å². The Morgan fingerprint density at radius 3 is 2.76 bits per heavy atom. The van der Waals surface area contributed by atoms with Crippen LogP contribution in [-0.4, -0.2) is 17.7 Å². The van der Waals surface area contributed by atoms with E-state index < -0.39 is 0 Å². The van der Waals surface area contributed by atoms with Crippen molar-refractivity contribution in [1.82, 2.24) is 0 Å². The zero-order chi connectivity index (χ0) is 12.3. The molecule has 17 heavy (non-hydrogen) atoms. The van der Waals surface area contributed by atoms with Crippen LogP contribution in [0.4, 0.5) is 5.69 Å². The van der Waals surface area contributed by atoms with Gasteiger partial charge in [-0.1, -0.05) is 31.2 Å². The summed E-state index contributed by atoms with van der Waals surface area (Å²) in [6.07, 6.45) is 4.84. The van der Waals surface area contributed by atoms with Crippen molar-refractivity contribution < 1.29 is 5.11 Å². The van der Waals surface area contributed by atoms with E-state index >= 15 is 0 Å². The van der Waals surface area contributed by atoms with Gasteiger partial charge in [0, 0.05) is 23.8 Å². The number of rotatable bonds is 6. The van der Waals surface area contributed by atoms with Crippen molar-refractivity contribution in [3.8, 4) is 0 Å². The van der Waals surface area contributed by atoms with Crippen molar-refractivity contribution in [3.05, 3.63) is 42.5 Å². The molecule has 1 aliphatic rings. The third kappa shape index (κ3) is 2.70. The lowest BCUT2D eigenvalue weighted by molar-refractivity contribution is 0.174. The highest BCUT2D eigenvalue weighted by molar-refractivity contribution is 5.56. The summed E-state index contributed by atoms with van der Waals surface area (Å²) in [5, 5.41) is 10.1. The van der Waals surface area contributed by atoms with E-state index in [1.165, 1.54) is 18.5 Å². The highest BCUT2D eigenvalue weighted by Gasteiger charge is 2.30. The molecule has 92 valence electrons. The smallest absolute Gasteiger partial charge is 0.0807 e. The molecule has 1 aromatic rings. The van der Waals surface area contributed by atoms with Crippen LogP contribution in [0.15, 0.2) is 36.9 Å². The third-order valence-electron chi connectivity index (χ3n) is 3.31. The van der Waals surface area contributed by atoms with Crippen LogP contribution in [-0.2, 0) is 0 Å². The number of hydrogen-bond acceptors (Lipinski definition) is 2. The van der Waals surface area contributed by atoms with E-state index in [-0.39, 0.29) is 6.10 Å². The van der Waals surface area contributed by atoms with Crippen LogP contribution in [0.3, 0.4) is 0 Å². The van der Waals surface area contributed by atoms with Gasteiger partial charge in [0.05, 0.1) is 6.10 Å². The molecular weight excluding hydrogens is 210 g/mol. The minimum Gasteiger partial charge on any atom is -0.388 e. The zero-order valence-electron chi connectivity index (χ0n) is 10.5. The molecule has 2 heteroatoms. The van der Waals surface area contributed by atoms with Gasteiger partial charge in [0.15, 0.2) is 0 Å². The lowest BCUT2D eigenvalue weighted by atomic mass is 10.0. The molecule has 1 aliphatic carbocycles. The van der Waals surface area contributed by atoms with Crippen molar-refractivity contribution in [1.29, 1.82) is 0 Å². The van der Waals surface area contributed by atoms with E-state index in [1.807, 2.05) is 31.2 Å². The molecule has 1 aromatic carbocycles. The van der Waals surface area contributed by atoms with Gasteiger partial charge >= 0.3 is 0 Å². The Hall–Kier alpha value is -1.28. The van der Waals surface area contributed by atoms with Crippen LogP contribution in [0.25, 0.3) is 0 Å². The quantitative estimate of drug-likeness (QED) is 0.759. The average Bonchev–Trinajstić information content (AvgIpc) is 3.19. The number of aliphatic hydroxyl groups is 1. The molecule has 0 aromatic heterocycles. The first-order valence-electron chi connectivity index (χ1n) is 6.42. The maximum absolute atomic E-state index is 10.1. The van der Waals surface area contributed by atoms with E-state index in [1.54, 1.807) is 0 Å². The van der Waals surface area contributed by atoms with E-state index in [0.717, 1.165) is 18.5 Å². The number of anilines is 1. The van der Waals surface area contributed by atoms with E-state index in [4.69, 9.17) is 0 Å². The molecule has 0 saturated heterocycles. The molecule has 0 spiro atoms. The van der Waals surface area contributed by atoms with Crippen LogP contribution in [0.2, 0.25) is 0 Å². The molecule has 1 saturated carbocycles. The Morgan fingerprint density at radius 2 is 2.18 bits per heavy atom. The molecule has 2 rings (SSSR count). The molecule has 1 fully saturated rings. The molecule has 0 amide bonds. The fraction of sp³-hybridized carbons (Fsp3) is 0.467. The van der Waals surface area contributed by atoms with Crippen molar-refractivity contribution in [3.63, 3.8) is 0 Å². The summed E-state index contributed by atoms with van der Waals surface area (Å²) in [5.41, 5.74) is 2.22. The first-order valence-corrected chi connectivity index (χ1v) is 6.42. The second kappa shape index (κ2) is 5.37. The highest BCUT2D eigenvalue weighted by Crippen LogP contribution is 2.36. The summed E-state index contributed by atoms with van der Waals surface area (Å²) in [6.45, 7) is 6.70. The van der Waals surface area contributed by atoms with Gasteiger partial charge < -0.3 is 10.0 Å². The number of nitrogens with zero attached hydrogens (tertiary/aromatic N) is 1. The highest BCUT2D eigenvalue weighted by atomic mass is 16.3. The van der Waals surface area contributed by atoms with Gasteiger partial charge in [0.1, 0.15) is 0 Å². The molecule has 1 atom stereocenters. The van der Waals surface area contributed by atoms with E-state index in [9.17, 15) is 5.11 Å². The summed E-state index contributed by atoms with van der Waals surface area (Å²) >= 11 is 0. The lowest BCUT2D eigenvalue weighted by Crippen LogP contribution is -2.27. The van der Waals surface area contributed by atoms with E-state index in [2.05, 4.69) is 17.5 Å². The molecule has 0 radical (unpaired) electrons. The van der Waals surface area contributed by atoms with Crippen molar-refractivity contribution in [2.24, 2.45) is 0 Å². The molecule has 0 unspecified atom stereocenters. The fourth-order valence-electron chi connectivity index (χ4n) is 2.22. The second-order valence-corrected chi connectivity index (χ2v) is 4.66. The van der Waals surface area contributed by atoms with Crippen LogP contribution < -0.4 is 4.90 Å². The number of hydrogen-bond donors (Lipinski definition) is 1.